The summed E-state index contributed by atoms with van der Waals surface area (Å²) in [6.07, 6.45) is 0.411. The van der Waals surface area contributed by atoms with Gasteiger partial charge in [-0.25, -0.2) is 0 Å². The predicted octanol–water partition coefficient (Wildman–Crippen LogP) is 5.54. The summed E-state index contributed by atoms with van der Waals surface area (Å²) in [6.45, 7) is 8.48. The van der Waals surface area contributed by atoms with Gasteiger partial charge in [0.05, 0.1) is 0 Å². The zero-order valence-electron chi connectivity index (χ0n) is 15.5. The fraction of sp³-hybridized carbons (Fsp3) is 0.364. The van der Waals surface area contributed by atoms with E-state index in [9.17, 15) is 9.59 Å². The van der Waals surface area contributed by atoms with Gasteiger partial charge in [0, 0.05) is 24.1 Å². The van der Waals surface area contributed by atoms with Crippen molar-refractivity contribution in [1.82, 2.24) is 0 Å². The number of ketones is 1. The van der Waals surface area contributed by atoms with Crippen molar-refractivity contribution in [2.45, 2.75) is 52.4 Å². The smallest absolute Gasteiger partial charge is 0.224 e. The zero-order valence-corrected chi connectivity index (χ0v) is 15.5. The Morgan fingerprint density at radius 2 is 1.36 bits per heavy atom. The molecule has 0 unspecified atom stereocenters. The van der Waals surface area contributed by atoms with Crippen LogP contribution in [-0.2, 0) is 4.79 Å². The maximum atomic E-state index is 12.4. The minimum absolute atomic E-state index is 0.00280. The summed E-state index contributed by atoms with van der Waals surface area (Å²) in [6, 6.07) is 15.3. The minimum Gasteiger partial charge on any atom is -0.326 e. The first-order valence-electron chi connectivity index (χ1n) is 8.91. The van der Waals surface area contributed by atoms with Crippen LogP contribution >= 0.6 is 0 Å². The standard InChI is InChI=1S/C22H27NO2/c1-15(2)18-11-8-12-19(16(3)4)22(18)23-21(25)14-13-20(24)17-9-6-5-7-10-17/h5-12,15-16H,13-14H2,1-4H3,(H,23,25). The van der Waals surface area contributed by atoms with Gasteiger partial charge in [-0.1, -0.05) is 76.2 Å². The zero-order chi connectivity index (χ0) is 18.4. The van der Waals surface area contributed by atoms with Crippen LogP contribution in [0.4, 0.5) is 5.69 Å². The molecule has 0 aromatic heterocycles. The first kappa shape index (κ1) is 18.9. The molecule has 2 aromatic carbocycles. The number of rotatable bonds is 7. The third kappa shape index (κ3) is 5.02. The second-order valence-corrected chi connectivity index (χ2v) is 6.96. The van der Waals surface area contributed by atoms with Crippen LogP contribution in [-0.4, -0.2) is 11.7 Å². The number of benzene rings is 2. The Kier molecular flexibility index (Phi) is 6.51. The van der Waals surface area contributed by atoms with Crippen molar-refractivity contribution in [3.05, 3.63) is 65.2 Å². The molecule has 0 saturated heterocycles. The van der Waals surface area contributed by atoms with Gasteiger partial charge in [0.1, 0.15) is 0 Å². The third-order valence-corrected chi connectivity index (χ3v) is 4.31. The molecule has 0 spiro atoms. The molecule has 0 saturated carbocycles. The van der Waals surface area contributed by atoms with E-state index in [0.717, 1.165) is 16.8 Å². The van der Waals surface area contributed by atoms with Gasteiger partial charge in [0.15, 0.2) is 5.78 Å². The number of carbonyl (C=O) groups is 2. The molecule has 0 fully saturated rings. The average molecular weight is 337 g/mol. The maximum Gasteiger partial charge on any atom is 0.224 e. The Labute approximate surface area is 150 Å². The largest absolute Gasteiger partial charge is 0.326 e. The van der Waals surface area contributed by atoms with Crippen LogP contribution in [0.5, 0.6) is 0 Å². The Hall–Kier alpha value is -2.42. The molecule has 2 rings (SSSR count). The van der Waals surface area contributed by atoms with E-state index in [1.807, 2.05) is 24.3 Å². The molecular formula is C22H27NO2. The lowest BCUT2D eigenvalue weighted by molar-refractivity contribution is -0.116. The van der Waals surface area contributed by atoms with Crippen LogP contribution in [0.25, 0.3) is 0 Å². The van der Waals surface area contributed by atoms with Crippen molar-refractivity contribution in [1.29, 1.82) is 0 Å². The Morgan fingerprint density at radius 3 is 1.88 bits per heavy atom. The fourth-order valence-corrected chi connectivity index (χ4v) is 2.89. The SMILES string of the molecule is CC(C)c1cccc(C(C)C)c1NC(=O)CCC(=O)c1ccccc1. The van der Waals surface area contributed by atoms with Crippen LogP contribution in [0, 0.1) is 0 Å². The topological polar surface area (TPSA) is 46.2 Å². The summed E-state index contributed by atoms with van der Waals surface area (Å²) in [5, 5.41) is 3.06. The molecule has 0 aliphatic carbocycles. The summed E-state index contributed by atoms with van der Waals surface area (Å²) in [7, 11) is 0. The second-order valence-electron chi connectivity index (χ2n) is 6.96. The molecule has 0 bridgehead atoms. The lowest BCUT2D eigenvalue weighted by atomic mass is 9.92. The summed E-state index contributed by atoms with van der Waals surface area (Å²) < 4.78 is 0. The third-order valence-electron chi connectivity index (χ3n) is 4.31. The molecule has 0 aliphatic heterocycles. The van der Waals surface area contributed by atoms with Crippen molar-refractivity contribution in [2.24, 2.45) is 0 Å². The predicted molar refractivity (Wildman–Crippen MR) is 103 cm³/mol. The van der Waals surface area contributed by atoms with E-state index in [4.69, 9.17) is 0 Å². The Balaban J connectivity index is 2.09. The highest BCUT2D eigenvalue weighted by atomic mass is 16.2. The van der Waals surface area contributed by atoms with Gasteiger partial charge in [-0.05, 0) is 23.0 Å². The summed E-state index contributed by atoms with van der Waals surface area (Å²) in [4.78, 5) is 24.6. The minimum atomic E-state index is -0.112. The number of amides is 1. The number of para-hydroxylation sites is 1. The van der Waals surface area contributed by atoms with E-state index in [1.54, 1.807) is 12.1 Å². The molecule has 132 valence electrons. The molecule has 25 heavy (non-hydrogen) atoms. The Morgan fingerprint density at radius 1 is 0.800 bits per heavy atom. The highest BCUT2D eigenvalue weighted by Crippen LogP contribution is 2.32. The molecular weight excluding hydrogens is 310 g/mol. The normalized spacial score (nSPS) is 11.0. The molecule has 3 heteroatoms. The molecule has 0 atom stereocenters. The van der Waals surface area contributed by atoms with Crippen LogP contribution in [0.2, 0.25) is 0 Å². The number of nitrogens with one attached hydrogen (secondary N) is 1. The highest BCUT2D eigenvalue weighted by Gasteiger charge is 2.16. The lowest BCUT2D eigenvalue weighted by Crippen LogP contribution is -2.17. The highest BCUT2D eigenvalue weighted by molar-refractivity contribution is 6.00. The van der Waals surface area contributed by atoms with E-state index in [2.05, 4.69) is 45.1 Å². The number of Topliss-reactive ketones (excluding diaryl/α,β-unsaturated/α-hetero) is 1. The van der Waals surface area contributed by atoms with Crippen LogP contribution in [0.3, 0.4) is 0 Å². The first-order valence-corrected chi connectivity index (χ1v) is 8.91. The van der Waals surface area contributed by atoms with Gasteiger partial charge in [-0.2, -0.15) is 0 Å². The average Bonchev–Trinajstić information content (AvgIpc) is 2.60. The molecule has 1 amide bonds. The van der Waals surface area contributed by atoms with E-state index in [0.29, 0.717) is 17.4 Å². The number of hydrogen-bond acceptors (Lipinski definition) is 2. The van der Waals surface area contributed by atoms with E-state index >= 15 is 0 Å². The molecule has 1 N–H and O–H groups in total. The van der Waals surface area contributed by atoms with E-state index in [1.165, 1.54) is 0 Å². The fourth-order valence-electron chi connectivity index (χ4n) is 2.89. The molecule has 2 aromatic rings. The van der Waals surface area contributed by atoms with Gasteiger partial charge < -0.3 is 5.32 Å². The van der Waals surface area contributed by atoms with Crippen LogP contribution < -0.4 is 5.32 Å². The monoisotopic (exact) mass is 337 g/mol. The number of hydrogen-bond donors (Lipinski definition) is 1. The van der Waals surface area contributed by atoms with Crippen molar-refractivity contribution < 1.29 is 9.59 Å². The quantitative estimate of drug-likeness (QED) is 0.675. The summed E-state index contributed by atoms with van der Waals surface area (Å²) in [5.41, 5.74) is 3.83. The summed E-state index contributed by atoms with van der Waals surface area (Å²) >= 11 is 0. The number of carbonyl (C=O) groups excluding carboxylic acids is 2. The van der Waals surface area contributed by atoms with E-state index in [-0.39, 0.29) is 24.5 Å². The van der Waals surface area contributed by atoms with Crippen molar-refractivity contribution >= 4 is 17.4 Å². The molecule has 0 heterocycles. The van der Waals surface area contributed by atoms with Gasteiger partial charge in [0.2, 0.25) is 5.91 Å². The van der Waals surface area contributed by atoms with Crippen LogP contribution in [0.1, 0.15) is 73.9 Å². The maximum absolute atomic E-state index is 12.4. The molecule has 0 aliphatic rings. The van der Waals surface area contributed by atoms with Crippen molar-refractivity contribution in [3.63, 3.8) is 0 Å². The second kappa shape index (κ2) is 8.61. The van der Waals surface area contributed by atoms with Gasteiger partial charge in [-0.15, -0.1) is 0 Å². The lowest BCUT2D eigenvalue weighted by Gasteiger charge is -2.20. The van der Waals surface area contributed by atoms with Gasteiger partial charge in [-0.3, -0.25) is 9.59 Å². The van der Waals surface area contributed by atoms with E-state index < -0.39 is 0 Å². The Bertz CT molecular complexity index is 707. The first-order chi connectivity index (χ1) is 11.9. The van der Waals surface area contributed by atoms with Crippen molar-refractivity contribution in [3.8, 4) is 0 Å². The van der Waals surface area contributed by atoms with Gasteiger partial charge >= 0.3 is 0 Å². The van der Waals surface area contributed by atoms with Crippen molar-refractivity contribution in [2.75, 3.05) is 5.32 Å². The van der Waals surface area contributed by atoms with Gasteiger partial charge in [0.25, 0.3) is 0 Å². The number of anilines is 1. The molecule has 3 nitrogen and oxygen atoms in total. The summed E-state index contributed by atoms with van der Waals surface area (Å²) in [5.74, 6) is 0.524. The van der Waals surface area contributed by atoms with Crippen LogP contribution in [0.15, 0.2) is 48.5 Å². The molecule has 0 radical (unpaired) electrons.